The second-order valence-corrected chi connectivity index (χ2v) is 10.0. The van der Waals surface area contributed by atoms with E-state index in [0.717, 1.165) is 21.7 Å². The summed E-state index contributed by atoms with van der Waals surface area (Å²) in [6, 6.07) is 17.4. The van der Waals surface area contributed by atoms with Gasteiger partial charge < -0.3 is 10.0 Å². The van der Waals surface area contributed by atoms with Crippen LogP contribution in [0.1, 0.15) is 34.8 Å². The Kier molecular flexibility index (Phi) is 5.78. The van der Waals surface area contributed by atoms with Gasteiger partial charge in [0.1, 0.15) is 17.4 Å². The van der Waals surface area contributed by atoms with E-state index in [1.807, 2.05) is 58.8 Å². The molecule has 3 aromatic heterocycles. The van der Waals surface area contributed by atoms with Crippen molar-refractivity contribution in [2.45, 2.75) is 30.8 Å². The molecule has 0 saturated carbocycles. The molecule has 182 valence electrons. The molecule has 1 unspecified atom stereocenters. The zero-order valence-electron chi connectivity index (χ0n) is 19.3. The molecule has 1 aliphatic heterocycles. The molecule has 1 aliphatic rings. The quantitative estimate of drug-likeness (QED) is 0.377. The predicted octanol–water partition coefficient (Wildman–Crippen LogP) is 2.99. The van der Waals surface area contributed by atoms with E-state index in [1.54, 1.807) is 16.0 Å². The van der Waals surface area contributed by atoms with Crippen LogP contribution < -0.4 is 0 Å². The Hall–Kier alpha value is -3.96. The summed E-state index contributed by atoms with van der Waals surface area (Å²) < 4.78 is 6.43. The first kappa shape index (κ1) is 22.5. The van der Waals surface area contributed by atoms with Crippen molar-refractivity contribution in [3.8, 4) is 5.69 Å². The highest BCUT2D eigenvalue weighted by Gasteiger charge is 2.43. The van der Waals surface area contributed by atoms with Crippen LogP contribution >= 0.6 is 11.3 Å². The lowest BCUT2D eigenvalue weighted by molar-refractivity contribution is -0.135. The van der Waals surface area contributed by atoms with E-state index < -0.39 is 5.60 Å². The number of thiophene rings is 1. The van der Waals surface area contributed by atoms with Gasteiger partial charge in [0.05, 0.1) is 17.7 Å². The smallest absolute Gasteiger partial charge is 0.226 e. The van der Waals surface area contributed by atoms with Gasteiger partial charge in [-0.15, -0.1) is 16.4 Å². The molecule has 2 aromatic carbocycles. The molecular formula is C25H23N7O3S. The van der Waals surface area contributed by atoms with E-state index in [-0.39, 0.29) is 11.8 Å². The van der Waals surface area contributed by atoms with Crippen molar-refractivity contribution in [1.29, 1.82) is 0 Å². The van der Waals surface area contributed by atoms with Gasteiger partial charge in [-0.2, -0.15) is 0 Å². The van der Waals surface area contributed by atoms with Gasteiger partial charge in [-0.1, -0.05) is 24.3 Å². The van der Waals surface area contributed by atoms with Crippen LogP contribution in [0.5, 0.6) is 0 Å². The molecule has 36 heavy (non-hydrogen) atoms. The third-order valence-electron chi connectivity index (χ3n) is 6.86. The first-order valence-electron chi connectivity index (χ1n) is 11.7. The molecule has 5 aromatic rings. The molecule has 4 heterocycles. The van der Waals surface area contributed by atoms with Gasteiger partial charge in [0.25, 0.3) is 0 Å². The molecule has 1 atom stereocenters. The SMILES string of the molecule is O=C(Cc1ccc(-n2cnnn2)cc1)N1CCC(O)(C(c2ccc3nonc3c2)c2cccs2)CC1. The summed E-state index contributed by atoms with van der Waals surface area (Å²) in [5.74, 6) is -0.176. The zero-order valence-corrected chi connectivity index (χ0v) is 20.1. The van der Waals surface area contributed by atoms with Crippen molar-refractivity contribution in [3.05, 3.63) is 82.3 Å². The normalized spacial score (nSPS) is 16.3. The van der Waals surface area contributed by atoms with Crippen molar-refractivity contribution in [2.24, 2.45) is 0 Å². The number of amides is 1. The highest BCUT2D eigenvalue weighted by atomic mass is 32.1. The van der Waals surface area contributed by atoms with Crippen LogP contribution in [0.15, 0.2) is 70.9 Å². The average molecular weight is 502 g/mol. The number of hydrogen-bond donors (Lipinski definition) is 1. The number of hydrogen-bond acceptors (Lipinski definition) is 9. The van der Waals surface area contributed by atoms with E-state index in [2.05, 4.69) is 31.9 Å². The third kappa shape index (κ3) is 4.27. The standard InChI is InChI=1S/C25H23N7O3S/c33-23(14-17-3-6-19(7-4-17)32-16-26-29-30-32)31-11-9-25(34,10-12-31)24(22-2-1-13-36-22)18-5-8-20-21(15-18)28-35-27-20/h1-8,13,15-16,24,34H,9-12,14H2. The van der Waals surface area contributed by atoms with Gasteiger partial charge in [-0.25, -0.2) is 9.31 Å². The van der Waals surface area contributed by atoms with Crippen LogP contribution in [0.25, 0.3) is 16.7 Å². The zero-order chi connectivity index (χ0) is 24.5. The maximum atomic E-state index is 13.1. The Morgan fingerprint density at radius 2 is 1.89 bits per heavy atom. The van der Waals surface area contributed by atoms with Gasteiger partial charge in [0.2, 0.25) is 5.91 Å². The van der Waals surface area contributed by atoms with Crippen LogP contribution in [0.4, 0.5) is 0 Å². The second kappa shape index (κ2) is 9.25. The maximum Gasteiger partial charge on any atom is 0.226 e. The summed E-state index contributed by atoms with van der Waals surface area (Å²) in [7, 11) is 0. The summed E-state index contributed by atoms with van der Waals surface area (Å²) in [4.78, 5) is 16.0. The second-order valence-electron chi connectivity index (χ2n) is 9.04. The molecule has 1 fully saturated rings. The molecule has 0 radical (unpaired) electrons. The number of benzene rings is 2. The number of rotatable bonds is 6. The molecule has 0 aliphatic carbocycles. The Balaban J connectivity index is 1.16. The molecule has 1 saturated heterocycles. The van der Waals surface area contributed by atoms with Gasteiger partial charge >= 0.3 is 0 Å². The molecular weight excluding hydrogens is 478 g/mol. The molecule has 1 amide bonds. The number of piperidine rings is 1. The van der Waals surface area contributed by atoms with Crippen LogP contribution in [-0.4, -0.2) is 65.1 Å². The average Bonchev–Trinajstić information content (AvgIpc) is 3.68. The van der Waals surface area contributed by atoms with Gasteiger partial charge in [0, 0.05) is 23.9 Å². The first-order valence-corrected chi connectivity index (χ1v) is 12.6. The minimum absolute atomic E-state index is 0.0509. The lowest BCUT2D eigenvalue weighted by Gasteiger charge is -2.43. The molecule has 6 rings (SSSR count). The number of carbonyl (C=O) groups excluding carboxylic acids is 1. The van der Waals surface area contributed by atoms with Gasteiger partial charge in [-0.3, -0.25) is 4.79 Å². The Labute approximate surface area is 210 Å². The maximum absolute atomic E-state index is 13.1. The fourth-order valence-electron chi connectivity index (χ4n) is 4.94. The monoisotopic (exact) mass is 501 g/mol. The first-order chi connectivity index (χ1) is 17.6. The lowest BCUT2D eigenvalue weighted by atomic mass is 9.75. The van der Waals surface area contributed by atoms with E-state index in [1.165, 1.54) is 6.33 Å². The van der Waals surface area contributed by atoms with Crippen LogP contribution in [0.2, 0.25) is 0 Å². The fraction of sp³-hybridized carbons (Fsp3) is 0.280. The molecule has 1 N–H and O–H groups in total. The Morgan fingerprint density at radius 3 is 2.61 bits per heavy atom. The van der Waals surface area contributed by atoms with E-state index >= 15 is 0 Å². The Morgan fingerprint density at radius 1 is 1.08 bits per heavy atom. The third-order valence-corrected chi connectivity index (χ3v) is 7.80. The number of nitrogens with zero attached hydrogens (tertiary/aromatic N) is 7. The summed E-state index contributed by atoms with van der Waals surface area (Å²) in [6.45, 7) is 0.987. The van der Waals surface area contributed by atoms with Gasteiger partial charge in [0.15, 0.2) is 0 Å². The van der Waals surface area contributed by atoms with E-state index in [0.29, 0.717) is 43.4 Å². The van der Waals surface area contributed by atoms with Crippen LogP contribution in [0, 0.1) is 0 Å². The van der Waals surface area contributed by atoms with Crippen LogP contribution in [0.3, 0.4) is 0 Å². The number of fused-ring (bicyclic) bond motifs is 1. The van der Waals surface area contributed by atoms with Crippen molar-refractivity contribution in [1.82, 2.24) is 35.4 Å². The highest BCUT2D eigenvalue weighted by Crippen LogP contribution is 2.43. The topological polar surface area (TPSA) is 123 Å². The summed E-state index contributed by atoms with van der Waals surface area (Å²) in [5.41, 5.74) is 3.08. The van der Waals surface area contributed by atoms with E-state index in [4.69, 9.17) is 4.63 Å². The molecule has 0 spiro atoms. The summed E-state index contributed by atoms with van der Waals surface area (Å²) in [5, 5.41) is 32.9. The number of aromatic nitrogens is 6. The minimum atomic E-state index is -0.986. The van der Waals surface area contributed by atoms with Gasteiger partial charge in [-0.05, 0) is 80.4 Å². The van der Waals surface area contributed by atoms with Crippen molar-refractivity contribution in [3.63, 3.8) is 0 Å². The number of carbonyl (C=O) groups is 1. The highest BCUT2D eigenvalue weighted by molar-refractivity contribution is 7.10. The van der Waals surface area contributed by atoms with Crippen LogP contribution in [-0.2, 0) is 11.2 Å². The van der Waals surface area contributed by atoms with Crippen molar-refractivity contribution in [2.75, 3.05) is 13.1 Å². The predicted molar refractivity (Wildman–Crippen MR) is 132 cm³/mol. The van der Waals surface area contributed by atoms with Crippen molar-refractivity contribution >= 4 is 28.3 Å². The van der Waals surface area contributed by atoms with E-state index in [9.17, 15) is 9.90 Å². The summed E-state index contributed by atoms with van der Waals surface area (Å²) >= 11 is 1.62. The molecule has 11 heteroatoms. The lowest BCUT2D eigenvalue weighted by Crippen LogP contribution is -2.50. The largest absolute Gasteiger partial charge is 0.389 e. The molecule has 0 bridgehead atoms. The minimum Gasteiger partial charge on any atom is -0.389 e. The number of likely N-dealkylation sites (tertiary alicyclic amines) is 1. The molecule has 10 nitrogen and oxygen atoms in total. The number of aliphatic hydroxyl groups is 1. The van der Waals surface area contributed by atoms with Crippen molar-refractivity contribution < 1.29 is 14.5 Å². The Bertz CT molecular complexity index is 1460. The fourth-order valence-corrected chi connectivity index (χ4v) is 5.90. The number of tetrazole rings is 1. The summed E-state index contributed by atoms with van der Waals surface area (Å²) in [6.07, 6.45) is 2.79.